The number of rotatable bonds is 10. The van der Waals surface area contributed by atoms with Gasteiger partial charge >= 0.3 is 5.69 Å². The summed E-state index contributed by atoms with van der Waals surface area (Å²) >= 11 is 1.31. The molecule has 3 aromatic rings. The Balaban J connectivity index is 2.18. The molecule has 10 nitrogen and oxygen atoms in total. The monoisotopic (exact) mass is 532 g/mol. The lowest BCUT2D eigenvalue weighted by atomic mass is 10.1. The zero-order valence-electron chi connectivity index (χ0n) is 21.4. The topological polar surface area (TPSA) is 104 Å². The third-order valence-corrected chi connectivity index (χ3v) is 6.16. The van der Waals surface area contributed by atoms with Crippen molar-refractivity contribution in [2.45, 2.75) is 39.5 Å². The smallest absolute Gasteiger partial charge is 0.350 e. The van der Waals surface area contributed by atoms with Crippen LogP contribution in [-0.4, -0.2) is 48.2 Å². The van der Waals surface area contributed by atoms with Crippen molar-refractivity contribution >= 4 is 23.0 Å². The summed E-state index contributed by atoms with van der Waals surface area (Å²) in [4.78, 5) is 45.3. The number of ether oxygens (including phenoxy) is 2. The second-order valence-electron chi connectivity index (χ2n) is 8.38. The van der Waals surface area contributed by atoms with E-state index >= 15 is 0 Å². The number of amides is 1. The summed E-state index contributed by atoms with van der Waals surface area (Å²) < 4.78 is 26.9. The van der Waals surface area contributed by atoms with Gasteiger partial charge in [0.15, 0.2) is 0 Å². The van der Waals surface area contributed by atoms with E-state index in [2.05, 4.69) is 5.16 Å². The molecule has 0 saturated carbocycles. The van der Waals surface area contributed by atoms with Gasteiger partial charge in [-0.1, -0.05) is 5.16 Å². The maximum Gasteiger partial charge on any atom is 0.350 e. The summed E-state index contributed by atoms with van der Waals surface area (Å²) in [6.07, 6.45) is 0.248. The van der Waals surface area contributed by atoms with E-state index in [0.29, 0.717) is 16.9 Å². The molecule has 2 aromatic heterocycles. The van der Waals surface area contributed by atoms with Crippen molar-refractivity contribution in [1.29, 1.82) is 0 Å². The van der Waals surface area contributed by atoms with E-state index in [4.69, 9.17) is 14.3 Å². The van der Waals surface area contributed by atoms with Crippen LogP contribution < -0.4 is 21.0 Å². The first-order valence-electron chi connectivity index (χ1n) is 11.3. The largest absolute Gasteiger partial charge is 0.496 e. The summed E-state index contributed by atoms with van der Waals surface area (Å²) in [5, 5.41) is 8.29. The minimum atomic E-state index is -0.829. The van der Waals surface area contributed by atoms with E-state index in [1.54, 1.807) is 37.6 Å². The first-order valence-corrected chi connectivity index (χ1v) is 12.3. The molecule has 0 aliphatic heterocycles. The third-order valence-electron chi connectivity index (χ3n) is 5.47. The number of hydrogen-bond acceptors (Lipinski definition) is 8. The summed E-state index contributed by atoms with van der Waals surface area (Å²) in [5.41, 5.74) is -0.620. The second kappa shape index (κ2) is 12.0. The van der Waals surface area contributed by atoms with Crippen molar-refractivity contribution in [1.82, 2.24) is 9.24 Å². The Labute approximate surface area is 217 Å². The van der Waals surface area contributed by atoms with Crippen LogP contribution in [0.5, 0.6) is 5.75 Å². The Bertz CT molecular complexity index is 1400. The van der Waals surface area contributed by atoms with Gasteiger partial charge in [-0.15, -0.1) is 0 Å². The van der Waals surface area contributed by atoms with Gasteiger partial charge in [-0.2, -0.15) is 16.0 Å². The molecule has 37 heavy (non-hydrogen) atoms. The first kappa shape index (κ1) is 27.8. The molecular formula is C25H29FN4O6S. The molecule has 0 fully saturated rings. The number of nitrogens with zero attached hydrogens (tertiary/aromatic N) is 4. The quantitative estimate of drug-likeness (QED) is 0.294. The van der Waals surface area contributed by atoms with Crippen LogP contribution in [0.1, 0.15) is 48.4 Å². The highest BCUT2D eigenvalue weighted by Gasteiger charge is 2.24. The molecule has 0 N–H and O–H groups in total. The van der Waals surface area contributed by atoms with Gasteiger partial charge in [0, 0.05) is 31.3 Å². The van der Waals surface area contributed by atoms with E-state index in [-0.39, 0.29) is 23.9 Å². The first-order chi connectivity index (χ1) is 17.6. The van der Waals surface area contributed by atoms with Crippen LogP contribution in [0.15, 0.2) is 56.0 Å². The van der Waals surface area contributed by atoms with Crippen LogP contribution in [0.25, 0.3) is 0 Å². The van der Waals surface area contributed by atoms with Crippen molar-refractivity contribution in [3.05, 3.63) is 84.6 Å². The average molecular weight is 533 g/mol. The molecule has 1 unspecified atom stereocenters. The second-order valence-corrected chi connectivity index (χ2v) is 9.16. The SMILES string of the molecule is COc1ccc(F)cc1C(Cn1cc(/C(C)=N/OC(C)C)c(=O)n(N(C)C(=O)c2ccsc2)c1=O)OC. The zero-order chi connectivity index (χ0) is 27.3. The molecule has 2 heterocycles. The molecule has 0 saturated heterocycles. The predicted octanol–water partition coefficient (Wildman–Crippen LogP) is 3.16. The van der Waals surface area contributed by atoms with Gasteiger partial charge in [0.05, 0.1) is 30.5 Å². The van der Waals surface area contributed by atoms with E-state index in [0.717, 1.165) is 9.69 Å². The Hall–Kier alpha value is -3.77. The summed E-state index contributed by atoms with van der Waals surface area (Å²) in [5.74, 6) is -0.694. The summed E-state index contributed by atoms with van der Waals surface area (Å²) in [7, 11) is 4.18. The minimum absolute atomic E-state index is 0.0336. The molecule has 1 amide bonds. The maximum absolute atomic E-state index is 14.1. The van der Waals surface area contributed by atoms with Gasteiger partial charge in [0.1, 0.15) is 23.8 Å². The number of carbonyl (C=O) groups is 1. The number of methoxy groups -OCH3 is 2. The van der Waals surface area contributed by atoms with E-state index in [1.165, 1.54) is 61.6 Å². The fourth-order valence-corrected chi connectivity index (χ4v) is 4.19. The van der Waals surface area contributed by atoms with Crippen LogP contribution >= 0.6 is 11.3 Å². The van der Waals surface area contributed by atoms with E-state index < -0.39 is 29.1 Å². The number of hydrogen-bond donors (Lipinski definition) is 0. The Kier molecular flexibility index (Phi) is 9.00. The standard InChI is InChI=1S/C25H29FN4O6S/c1-15(2)36-27-16(3)20-12-29(13-22(35-6)19-11-18(26)7-8-21(19)34-5)25(33)30(24(20)32)28(4)23(31)17-9-10-37-14-17/h7-12,14-15,22H,13H2,1-6H3/b27-16+. The lowest BCUT2D eigenvalue weighted by Gasteiger charge is -2.23. The van der Waals surface area contributed by atoms with Crippen molar-refractivity contribution in [3.63, 3.8) is 0 Å². The van der Waals surface area contributed by atoms with Crippen molar-refractivity contribution in [2.75, 3.05) is 26.3 Å². The summed E-state index contributed by atoms with van der Waals surface area (Å²) in [6, 6.07) is 5.56. The highest BCUT2D eigenvalue weighted by molar-refractivity contribution is 7.08. The van der Waals surface area contributed by atoms with E-state index in [9.17, 15) is 18.8 Å². The number of oxime groups is 1. The molecule has 0 aliphatic rings. The minimum Gasteiger partial charge on any atom is -0.496 e. The molecule has 0 bridgehead atoms. The average Bonchev–Trinajstić information content (AvgIpc) is 3.41. The molecule has 0 aliphatic carbocycles. The van der Waals surface area contributed by atoms with Crippen molar-refractivity contribution in [3.8, 4) is 5.75 Å². The molecule has 198 valence electrons. The van der Waals surface area contributed by atoms with Crippen molar-refractivity contribution in [2.24, 2.45) is 5.16 Å². The van der Waals surface area contributed by atoms with Crippen LogP contribution in [0.2, 0.25) is 0 Å². The molecular weight excluding hydrogens is 503 g/mol. The number of benzene rings is 1. The fraction of sp³-hybridized carbons (Fsp3) is 0.360. The molecule has 0 spiro atoms. The lowest BCUT2D eigenvalue weighted by molar-refractivity contribution is 0.0830. The molecule has 12 heteroatoms. The van der Waals surface area contributed by atoms with Crippen LogP contribution in [-0.2, 0) is 16.1 Å². The Morgan fingerprint density at radius 2 is 1.95 bits per heavy atom. The van der Waals surface area contributed by atoms with E-state index in [1.807, 2.05) is 0 Å². The molecule has 3 rings (SSSR count). The highest BCUT2D eigenvalue weighted by Crippen LogP contribution is 2.29. The van der Waals surface area contributed by atoms with Gasteiger partial charge in [0.2, 0.25) is 0 Å². The van der Waals surface area contributed by atoms with Gasteiger partial charge in [-0.3, -0.25) is 14.2 Å². The zero-order valence-corrected chi connectivity index (χ0v) is 22.2. The van der Waals surface area contributed by atoms with Gasteiger partial charge in [0.25, 0.3) is 11.5 Å². The Morgan fingerprint density at radius 3 is 2.54 bits per heavy atom. The molecule has 0 radical (unpaired) electrons. The molecule has 1 atom stereocenters. The fourth-order valence-electron chi connectivity index (χ4n) is 3.57. The van der Waals surface area contributed by atoms with Crippen LogP contribution in [0.3, 0.4) is 0 Å². The van der Waals surface area contributed by atoms with Crippen molar-refractivity contribution < 1.29 is 23.5 Å². The number of aromatic nitrogens is 2. The highest BCUT2D eigenvalue weighted by atomic mass is 32.1. The van der Waals surface area contributed by atoms with Gasteiger partial charge in [-0.05, 0) is 50.4 Å². The number of halogens is 1. The summed E-state index contributed by atoms with van der Waals surface area (Å²) in [6.45, 7) is 4.99. The number of carbonyl (C=O) groups excluding carboxylic acids is 1. The third kappa shape index (κ3) is 6.15. The lowest BCUT2D eigenvalue weighted by Crippen LogP contribution is -2.54. The van der Waals surface area contributed by atoms with Crippen LogP contribution in [0, 0.1) is 5.82 Å². The van der Waals surface area contributed by atoms with Gasteiger partial charge < -0.3 is 14.3 Å². The van der Waals surface area contributed by atoms with Crippen LogP contribution in [0.4, 0.5) is 4.39 Å². The normalized spacial score (nSPS) is 12.5. The Morgan fingerprint density at radius 1 is 1.22 bits per heavy atom. The maximum atomic E-state index is 14.1. The molecule has 1 aromatic carbocycles. The number of thiophene rings is 1. The van der Waals surface area contributed by atoms with Gasteiger partial charge in [-0.25, -0.2) is 14.2 Å². The predicted molar refractivity (Wildman–Crippen MR) is 139 cm³/mol.